The van der Waals surface area contributed by atoms with Gasteiger partial charge in [-0.1, -0.05) is 19.8 Å². The highest BCUT2D eigenvalue weighted by molar-refractivity contribution is 7.89. The van der Waals surface area contributed by atoms with Gasteiger partial charge in [-0.2, -0.15) is 4.72 Å². The topological polar surface area (TPSA) is 64.0 Å². The summed E-state index contributed by atoms with van der Waals surface area (Å²) in [6.07, 6.45) is 6.84. The average molecular weight is 269 g/mol. The van der Waals surface area contributed by atoms with E-state index in [0.29, 0.717) is 12.4 Å². The molecule has 18 heavy (non-hydrogen) atoms. The molecule has 1 rings (SSSR count). The van der Waals surface area contributed by atoms with Gasteiger partial charge in [-0.15, -0.1) is 6.42 Å². The number of nitrogens with one attached hydrogen (secondary N) is 1. The molecule has 0 saturated carbocycles. The van der Waals surface area contributed by atoms with E-state index in [-0.39, 0.29) is 10.9 Å². The Morgan fingerprint density at radius 1 is 1.56 bits per heavy atom. The van der Waals surface area contributed by atoms with Crippen LogP contribution < -0.4 is 4.72 Å². The fourth-order valence-corrected chi connectivity index (χ4v) is 2.83. The highest BCUT2D eigenvalue weighted by Crippen LogP contribution is 2.11. The highest BCUT2D eigenvalue weighted by atomic mass is 32.2. The van der Waals surface area contributed by atoms with Crippen molar-refractivity contribution in [1.82, 2.24) is 14.3 Å². The van der Waals surface area contributed by atoms with Crippen LogP contribution in [0.3, 0.4) is 0 Å². The quantitative estimate of drug-likeness (QED) is 0.816. The lowest BCUT2D eigenvalue weighted by Crippen LogP contribution is -2.37. The molecule has 0 aliphatic carbocycles. The molecular weight excluding hydrogens is 250 g/mol. The molecule has 0 saturated heterocycles. The number of rotatable bonds is 5. The predicted molar refractivity (Wildman–Crippen MR) is 70.4 cm³/mol. The van der Waals surface area contributed by atoms with Gasteiger partial charge in [-0.3, -0.25) is 0 Å². The molecule has 1 atom stereocenters. The number of terminal acetylenes is 1. The molecule has 0 aromatic carbocycles. The minimum Gasteiger partial charge on any atom is -0.334 e. The molecule has 1 aromatic rings. The number of aryl methyl sites for hydroxylation is 2. The Hall–Kier alpha value is -1.32. The van der Waals surface area contributed by atoms with Crippen molar-refractivity contribution in [2.75, 3.05) is 0 Å². The molecule has 0 bridgehead atoms. The minimum absolute atomic E-state index is 0.0164. The van der Waals surface area contributed by atoms with Crippen molar-refractivity contribution in [3.63, 3.8) is 0 Å². The lowest BCUT2D eigenvalue weighted by Gasteiger charge is -2.15. The highest BCUT2D eigenvalue weighted by Gasteiger charge is 2.23. The Bertz CT molecular complexity index is 552. The van der Waals surface area contributed by atoms with Crippen LogP contribution in [-0.2, 0) is 16.6 Å². The van der Waals surface area contributed by atoms with E-state index in [9.17, 15) is 8.42 Å². The van der Waals surface area contributed by atoms with E-state index >= 15 is 0 Å². The van der Waals surface area contributed by atoms with E-state index in [2.05, 4.69) is 15.6 Å². The standard InChI is InChI=1S/C12H19N3O2S/c1-6-11(9(3)4)14-18(16,17)12-8-15(7-2)10(5)13-12/h1,8-9,11,14H,7H2,2-5H3. The van der Waals surface area contributed by atoms with Crippen LogP contribution >= 0.6 is 0 Å². The molecule has 0 radical (unpaired) electrons. The van der Waals surface area contributed by atoms with Crippen LogP contribution in [0.5, 0.6) is 0 Å². The van der Waals surface area contributed by atoms with Crippen molar-refractivity contribution < 1.29 is 8.42 Å². The molecule has 1 N–H and O–H groups in total. The third-order valence-corrected chi connectivity index (χ3v) is 4.01. The summed E-state index contributed by atoms with van der Waals surface area (Å²) < 4.78 is 28.5. The van der Waals surface area contributed by atoms with E-state index in [0.717, 1.165) is 0 Å². The number of aromatic nitrogens is 2. The number of imidazole rings is 1. The van der Waals surface area contributed by atoms with Crippen molar-refractivity contribution in [2.24, 2.45) is 5.92 Å². The summed E-state index contributed by atoms with van der Waals surface area (Å²) in [6, 6.07) is -0.526. The van der Waals surface area contributed by atoms with Gasteiger partial charge in [-0.05, 0) is 19.8 Å². The predicted octanol–water partition coefficient (Wildman–Crippen LogP) is 1.15. The number of nitrogens with zero attached hydrogens (tertiary/aromatic N) is 2. The summed E-state index contributed by atoms with van der Waals surface area (Å²) in [5, 5.41) is 0.0164. The molecule has 1 aromatic heterocycles. The minimum atomic E-state index is -3.65. The van der Waals surface area contributed by atoms with Gasteiger partial charge in [0.05, 0.1) is 6.04 Å². The molecule has 1 unspecified atom stereocenters. The van der Waals surface area contributed by atoms with Crippen molar-refractivity contribution in [1.29, 1.82) is 0 Å². The summed E-state index contributed by atoms with van der Waals surface area (Å²) in [4.78, 5) is 4.04. The summed E-state index contributed by atoms with van der Waals surface area (Å²) >= 11 is 0. The van der Waals surface area contributed by atoms with E-state index in [4.69, 9.17) is 6.42 Å². The van der Waals surface area contributed by atoms with Crippen molar-refractivity contribution in [3.8, 4) is 12.3 Å². The number of hydrogen-bond donors (Lipinski definition) is 1. The summed E-state index contributed by atoms with van der Waals surface area (Å²) in [5.41, 5.74) is 0. The summed E-state index contributed by atoms with van der Waals surface area (Å²) in [6.45, 7) is 8.10. The molecule has 0 aliphatic heterocycles. The fourth-order valence-electron chi connectivity index (χ4n) is 1.52. The molecule has 0 amide bonds. The lowest BCUT2D eigenvalue weighted by atomic mass is 10.1. The maximum absolute atomic E-state index is 12.1. The second-order valence-electron chi connectivity index (χ2n) is 4.42. The Morgan fingerprint density at radius 2 is 2.17 bits per heavy atom. The zero-order valence-electron chi connectivity index (χ0n) is 11.1. The van der Waals surface area contributed by atoms with E-state index < -0.39 is 16.1 Å². The van der Waals surface area contributed by atoms with Crippen molar-refractivity contribution in [2.45, 2.75) is 45.3 Å². The molecule has 0 fully saturated rings. The lowest BCUT2D eigenvalue weighted by molar-refractivity contribution is 0.516. The van der Waals surface area contributed by atoms with Gasteiger partial charge in [0.15, 0.2) is 5.03 Å². The fraction of sp³-hybridized carbons (Fsp3) is 0.583. The first kappa shape index (κ1) is 14.7. The largest absolute Gasteiger partial charge is 0.334 e. The molecule has 0 aliphatic rings. The molecule has 6 heteroatoms. The van der Waals surface area contributed by atoms with Gasteiger partial charge in [0.1, 0.15) is 5.82 Å². The average Bonchev–Trinajstić information content (AvgIpc) is 2.68. The van der Waals surface area contributed by atoms with Gasteiger partial charge >= 0.3 is 0 Å². The number of hydrogen-bond acceptors (Lipinski definition) is 3. The SMILES string of the molecule is C#CC(NS(=O)(=O)c1cn(CC)c(C)n1)C(C)C. The molecule has 1 heterocycles. The van der Waals surface area contributed by atoms with Crippen LogP contribution in [-0.4, -0.2) is 24.0 Å². The molecule has 0 spiro atoms. The first-order valence-electron chi connectivity index (χ1n) is 5.84. The Kier molecular flexibility index (Phi) is 4.54. The number of sulfonamides is 1. The van der Waals surface area contributed by atoms with Crippen LogP contribution in [0.2, 0.25) is 0 Å². The van der Waals surface area contributed by atoms with Crippen LogP contribution in [0.15, 0.2) is 11.2 Å². The van der Waals surface area contributed by atoms with Gasteiger partial charge < -0.3 is 4.57 Å². The Balaban J connectivity index is 3.03. The Labute approximate surface area is 109 Å². The second-order valence-corrected chi connectivity index (χ2v) is 6.08. The molecule has 5 nitrogen and oxygen atoms in total. The third-order valence-electron chi connectivity index (χ3n) is 2.70. The van der Waals surface area contributed by atoms with E-state index in [1.54, 1.807) is 11.5 Å². The van der Waals surface area contributed by atoms with Crippen molar-refractivity contribution in [3.05, 3.63) is 12.0 Å². The third kappa shape index (κ3) is 3.12. The van der Waals surface area contributed by atoms with Crippen LogP contribution in [0.1, 0.15) is 26.6 Å². The van der Waals surface area contributed by atoms with Crippen LogP contribution in [0.25, 0.3) is 0 Å². The first-order valence-corrected chi connectivity index (χ1v) is 7.32. The first-order chi connectivity index (χ1) is 8.31. The van der Waals surface area contributed by atoms with Gasteiger partial charge in [0, 0.05) is 12.7 Å². The Morgan fingerprint density at radius 3 is 2.56 bits per heavy atom. The van der Waals surface area contributed by atoms with Gasteiger partial charge in [0.2, 0.25) is 0 Å². The molecular formula is C12H19N3O2S. The second kappa shape index (κ2) is 5.55. The van der Waals surface area contributed by atoms with Gasteiger partial charge in [0.25, 0.3) is 10.0 Å². The summed E-state index contributed by atoms with van der Waals surface area (Å²) in [7, 11) is -3.65. The van der Waals surface area contributed by atoms with Crippen molar-refractivity contribution >= 4 is 10.0 Å². The summed E-state index contributed by atoms with van der Waals surface area (Å²) in [5.74, 6) is 3.13. The molecule has 100 valence electrons. The maximum Gasteiger partial charge on any atom is 0.260 e. The monoisotopic (exact) mass is 269 g/mol. The smallest absolute Gasteiger partial charge is 0.260 e. The normalized spacial score (nSPS) is 13.6. The van der Waals surface area contributed by atoms with Crippen LogP contribution in [0, 0.1) is 25.2 Å². The van der Waals surface area contributed by atoms with E-state index in [1.165, 1.54) is 6.20 Å². The zero-order chi connectivity index (χ0) is 13.9. The maximum atomic E-state index is 12.1. The van der Waals surface area contributed by atoms with Gasteiger partial charge in [-0.25, -0.2) is 13.4 Å². The zero-order valence-corrected chi connectivity index (χ0v) is 12.0. The van der Waals surface area contributed by atoms with E-state index in [1.807, 2.05) is 20.8 Å². The van der Waals surface area contributed by atoms with Crippen LogP contribution in [0.4, 0.5) is 0 Å².